The van der Waals surface area contributed by atoms with Gasteiger partial charge in [0, 0.05) is 5.56 Å². The van der Waals surface area contributed by atoms with Gasteiger partial charge in [0.15, 0.2) is 5.78 Å². The average Bonchev–Trinajstić information content (AvgIpc) is 2.61. The molecular formula is C12H10Cl2O3. The first-order valence-corrected chi connectivity index (χ1v) is 5.93. The number of carbonyl (C=O) groups excluding carboxylic acids is 2. The summed E-state index contributed by atoms with van der Waals surface area (Å²) in [6, 6.07) is 4.69. The molecule has 1 saturated heterocycles. The lowest BCUT2D eigenvalue weighted by Crippen LogP contribution is -2.21. The van der Waals surface area contributed by atoms with Crippen molar-refractivity contribution in [3.63, 3.8) is 0 Å². The number of hydrogen-bond donors (Lipinski definition) is 0. The van der Waals surface area contributed by atoms with Gasteiger partial charge in [-0.15, -0.1) is 0 Å². The Morgan fingerprint density at radius 1 is 1.35 bits per heavy atom. The molecule has 90 valence electrons. The summed E-state index contributed by atoms with van der Waals surface area (Å²) >= 11 is 11.6. The minimum atomic E-state index is -0.431. The second kappa shape index (κ2) is 4.67. The number of rotatable bonds is 2. The molecule has 0 bridgehead atoms. The van der Waals surface area contributed by atoms with Crippen LogP contribution in [0.2, 0.25) is 10.0 Å². The zero-order chi connectivity index (χ0) is 12.6. The minimum Gasteiger partial charge on any atom is -0.462 e. The summed E-state index contributed by atoms with van der Waals surface area (Å²) in [6.45, 7) is 1.71. The van der Waals surface area contributed by atoms with E-state index in [9.17, 15) is 9.59 Å². The van der Waals surface area contributed by atoms with E-state index in [1.165, 1.54) is 6.07 Å². The molecule has 1 aromatic rings. The van der Waals surface area contributed by atoms with Gasteiger partial charge in [0.1, 0.15) is 6.10 Å². The fourth-order valence-electron chi connectivity index (χ4n) is 1.85. The molecule has 2 atom stereocenters. The van der Waals surface area contributed by atoms with Gasteiger partial charge in [0.2, 0.25) is 0 Å². The highest BCUT2D eigenvalue weighted by atomic mass is 35.5. The van der Waals surface area contributed by atoms with Crippen molar-refractivity contribution >= 4 is 35.0 Å². The number of esters is 1. The van der Waals surface area contributed by atoms with Gasteiger partial charge in [-0.2, -0.15) is 0 Å². The number of cyclic esters (lactones) is 1. The molecule has 0 spiro atoms. The van der Waals surface area contributed by atoms with E-state index in [4.69, 9.17) is 27.9 Å². The second-order valence-corrected chi connectivity index (χ2v) is 4.81. The van der Waals surface area contributed by atoms with E-state index >= 15 is 0 Å². The molecule has 0 saturated carbocycles. The van der Waals surface area contributed by atoms with Crippen molar-refractivity contribution in [3.8, 4) is 0 Å². The molecule has 1 aliphatic rings. The summed E-state index contributed by atoms with van der Waals surface area (Å²) in [7, 11) is 0. The normalized spacial score (nSPS) is 23.6. The molecule has 0 amide bonds. The Bertz CT molecular complexity index is 485. The maximum Gasteiger partial charge on any atom is 0.306 e. The molecule has 0 aromatic heterocycles. The van der Waals surface area contributed by atoms with Crippen molar-refractivity contribution in [2.75, 3.05) is 0 Å². The first kappa shape index (κ1) is 12.4. The molecular weight excluding hydrogens is 263 g/mol. The smallest absolute Gasteiger partial charge is 0.306 e. The molecule has 0 N–H and O–H groups in total. The molecule has 3 nitrogen and oxygen atoms in total. The van der Waals surface area contributed by atoms with Gasteiger partial charge < -0.3 is 4.74 Å². The first-order valence-electron chi connectivity index (χ1n) is 5.18. The van der Waals surface area contributed by atoms with Crippen molar-refractivity contribution < 1.29 is 14.3 Å². The van der Waals surface area contributed by atoms with Crippen molar-refractivity contribution in [2.45, 2.75) is 19.4 Å². The molecule has 1 aliphatic heterocycles. The quantitative estimate of drug-likeness (QED) is 0.614. The minimum absolute atomic E-state index is 0.125. The predicted octanol–water partition coefficient (Wildman–Crippen LogP) is 3.13. The van der Waals surface area contributed by atoms with Crippen LogP contribution in [0.15, 0.2) is 18.2 Å². The van der Waals surface area contributed by atoms with E-state index in [1.807, 2.05) is 0 Å². The lowest BCUT2D eigenvalue weighted by molar-refractivity contribution is -0.140. The monoisotopic (exact) mass is 272 g/mol. The number of halogens is 2. The zero-order valence-corrected chi connectivity index (χ0v) is 10.6. The maximum atomic E-state index is 12.1. The molecule has 0 aliphatic carbocycles. The maximum absolute atomic E-state index is 12.1. The van der Waals surface area contributed by atoms with Crippen molar-refractivity contribution in [2.24, 2.45) is 5.92 Å². The van der Waals surface area contributed by atoms with Crippen LogP contribution in [-0.4, -0.2) is 17.9 Å². The fourth-order valence-corrected chi connectivity index (χ4v) is 2.15. The Morgan fingerprint density at radius 3 is 2.59 bits per heavy atom. The molecule has 1 aromatic carbocycles. The van der Waals surface area contributed by atoms with Crippen LogP contribution < -0.4 is 0 Å². The average molecular weight is 273 g/mol. The summed E-state index contributed by atoms with van der Waals surface area (Å²) in [5.41, 5.74) is 0.453. The van der Waals surface area contributed by atoms with Crippen LogP contribution in [0, 0.1) is 5.92 Å². The third-order valence-electron chi connectivity index (χ3n) is 2.81. The standard InChI is InChI=1S/C12H10Cl2O3/c1-6-8(5-11(15)17-6)12(16)7-2-3-9(13)10(14)4-7/h2-4,6,8H,5H2,1H3. The SMILES string of the molecule is CC1OC(=O)CC1C(=O)c1ccc(Cl)c(Cl)c1. The summed E-state index contributed by atoms with van der Waals surface area (Å²) in [4.78, 5) is 23.2. The van der Waals surface area contributed by atoms with Crippen LogP contribution in [-0.2, 0) is 9.53 Å². The molecule has 17 heavy (non-hydrogen) atoms. The predicted molar refractivity (Wildman–Crippen MR) is 64.5 cm³/mol. The number of carbonyl (C=O) groups is 2. The van der Waals surface area contributed by atoms with Crippen LogP contribution in [0.1, 0.15) is 23.7 Å². The van der Waals surface area contributed by atoms with Crippen LogP contribution in [0.3, 0.4) is 0 Å². The van der Waals surface area contributed by atoms with Gasteiger partial charge >= 0.3 is 5.97 Å². The molecule has 2 unspecified atom stereocenters. The van der Waals surface area contributed by atoms with E-state index < -0.39 is 5.92 Å². The number of benzene rings is 1. The summed E-state index contributed by atoms with van der Waals surface area (Å²) in [6.07, 6.45) is -0.260. The van der Waals surface area contributed by atoms with Crippen LogP contribution in [0.25, 0.3) is 0 Å². The van der Waals surface area contributed by atoms with Gasteiger partial charge in [0.05, 0.1) is 22.4 Å². The lowest BCUT2D eigenvalue weighted by atomic mass is 9.92. The van der Waals surface area contributed by atoms with E-state index in [0.29, 0.717) is 15.6 Å². The molecule has 2 rings (SSSR count). The summed E-state index contributed by atoms with van der Waals surface area (Å²) < 4.78 is 4.95. The number of ketones is 1. The molecule has 1 fully saturated rings. The number of hydrogen-bond acceptors (Lipinski definition) is 3. The van der Waals surface area contributed by atoms with Crippen LogP contribution >= 0.6 is 23.2 Å². The fraction of sp³-hybridized carbons (Fsp3) is 0.333. The van der Waals surface area contributed by atoms with Gasteiger partial charge in [-0.1, -0.05) is 23.2 Å². The number of ether oxygens (including phenoxy) is 1. The lowest BCUT2D eigenvalue weighted by Gasteiger charge is -2.11. The number of Topliss-reactive ketones (excluding diaryl/α,β-unsaturated/α-hetero) is 1. The van der Waals surface area contributed by atoms with E-state index in [0.717, 1.165) is 0 Å². The largest absolute Gasteiger partial charge is 0.462 e. The topological polar surface area (TPSA) is 43.4 Å². The van der Waals surface area contributed by atoms with Crippen molar-refractivity contribution in [3.05, 3.63) is 33.8 Å². The van der Waals surface area contributed by atoms with Crippen LogP contribution in [0.5, 0.6) is 0 Å². The highest BCUT2D eigenvalue weighted by Gasteiger charge is 2.37. The van der Waals surface area contributed by atoms with Gasteiger partial charge in [0.25, 0.3) is 0 Å². The molecule has 0 radical (unpaired) electrons. The van der Waals surface area contributed by atoms with Crippen LogP contribution in [0.4, 0.5) is 0 Å². The highest BCUT2D eigenvalue weighted by Crippen LogP contribution is 2.28. The van der Waals surface area contributed by atoms with E-state index in [-0.39, 0.29) is 24.3 Å². The molecule has 5 heteroatoms. The Balaban J connectivity index is 2.25. The van der Waals surface area contributed by atoms with Gasteiger partial charge in [-0.05, 0) is 25.1 Å². The van der Waals surface area contributed by atoms with Crippen molar-refractivity contribution in [1.82, 2.24) is 0 Å². The Kier molecular flexibility index (Phi) is 3.40. The highest BCUT2D eigenvalue weighted by molar-refractivity contribution is 6.42. The van der Waals surface area contributed by atoms with Gasteiger partial charge in [-0.3, -0.25) is 9.59 Å². The van der Waals surface area contributed by atoms with E-state index in [2.05, 4.69) is 0 Å². The second-order valence-electron chi connectivity index (χ2n) is 4.00. The van der Waals surface area contributed by atoms with Crippen molar-refractivity contribution in [1.29, 1.82) is 0 Å². The first-order chi connectivity index (χ1) is 7.99. The zero-order valence-electron chi connectivity index (χ0n) is 9.07. The Labute approximate surface area is 109 Å². The summed E-state index contributed by atoms with van der Waals surface area (Å²) in [5.74, 6) is -0.905. The third kappa shape index (κ3) is 2.45. The molecule has 1 heterocycles. The van der Waals surface area contributed by atoms with Gasteiger partial charge in [-0.25, -0.2) is 0 Å². The Hall–Kier alpha value is -1.06. The van der Waals surface area contributed by atoms with E-state index in [1.54, 1.807) is 19.1 Å². The summed E-state index contributed by atoms with van der Waals surface area (Å²) in [5, 5.41) is 0.727. The third-order valence-corrected chi connectivity index (χ3v) is 3.55. The Morgan fingerprint density at radius 2 is 2.06 bits per heavy atom.